The Bertz CT molecular complexity index is 977. The van der Waals surface area contributed by atoms with Crippen LogP contribution in [0.15, 0.2) is 36.4 Å². The van der Waals surface area contributed by atoms with Crippen molar-refractivity contribution in [1.82, 2.24) is 4.90 Å². The van der Waals surface area contributed by atoms with Crippen molar-refractivity contribution in [2.45, 2.75) is 57.9 Å². The average molecular weight is 437 g/mol. The zero-order chi connectivity index (χ0) is 22.7. The number of nitrogens with zero attached hydrogens (tertiary/aromatic N) is 2. The second kappa shape index (κ2) is 9.30. The van der Waals surface area contributed by atoms with E-state index in [1.54, 1.807) is 14.2 Å². The molecule has 2 unspecified atom stereocenters. The predicted molar refractivity (Wildman–Crippen MR) is 122 cm³/mol. The summed E-state index contributed by atoms with van der Waals surface area (Å²) < 4.78 is 23.0. The number of ether oxygens (including phenoxy) is 4. The van der Waals surface area contributed by atoms with Gasteiger partial charge in [0, 0.05) is 12.6 Å². The Kier molecular flexibility index (Phi) is 6.48. The lowest BCUT2D eigenvalue weighted by Crippen LogP contribution is -2.41. The maximum absolute atomic E-state index is 10.1. The van der Waals surface area contributed by atoms with Gasteiger partial charge in [-0.25, -0.2) is 0 Å². The number of likely N-dealkylation sites (N-methyl/N-ethyl adjacent to an activating group) is 1. The van der Waals surface area contributed by atoms with Crippen LogP contribution in [0.4, 0.5) is 0 Å². The molecular formula is C26H32N2O4. The lowest BCUT2D eigenvalue weighted by atomic mass is 9.79. The summed E-state index contributed by atoms with van der Waals surface area (Å²) in [6.45, 7) is 2.92. The summed E-state index contributed by atoms with van der Waals surface area (Å²) >= 11 is 0. The summed E-state index contributed by atoms with van der Waals surface area (Å²) in [5, 5.41) is 10.1. The molecule has 6 nitrogen and oxygen atoms in total. The quantitative estimate of drug-likeness (QED) is 0.584. The molecule has 2 aliphatic rings. The van der Waals surface area contributed by atoms with Gasteiger partial charge in [0.05, 0.1) is 20.3 Å². The Morgan fingerprint density at radius 1 is 1.09 bits per heavy atom. The largest absolute Gasteiger partial charge is 0.493 e. The lowest BCUT2D eigenvalue weighted by Gasteiger charge is -2.36. The smallest absolute Gasteiger partial charge is 0.259 e. The predicted octanol–water partition coefficient (Wildman–Crippen LogP) is 4.95. The van der Waals surface area contributed by atoms with Crippen LogP contribution in [0, 0.1) is 16.7 Å². The molecule has 4 rings (SSSR count). The van der Waals surface area contributed by atoms with Crippen molar-refractivity contribution in [3.63, 3.8) is 0 Å². The molecule has 0 aliphatic carbocycles. The van der Waals surface area contributed by atoms with E-state index in [0.717, 1.165) is 55.2 Å². The lowest BCUT2D eigenvalue weighted by molar-refractivity contribution is -0.0458. The molecule has 0 amide bonds. The molecule has 0 bridgehead atoms. The highest BCUT2D eigenvalue weighted by Gasteiger charge is 2.44. The Morgan fingerprint density at radius 3 is 2.28 bits per heavy atom. The molecule has 2 aromatic carbocycles. The van der Waals surface area contributed by atoms with Crippen LogP contribution in [-0.2, 0) is 13.0 Å². The number of hydrogen-bond donors (Lipinski definition) is 0. The second-order valence-electron chi connectivity index (χ2n) is 8.78. The second-order valence-corrected chi connectivity index (χ2v) is 8.78. The van der Waals surface area contributed by atoms with E-state index in [2.05, 4.69) is 30.1 Å². The van der Waals surface area contributed by atoms with Gasteiger partial charge in [-0.3, -0.25) is 4.90 Å². The van der Waals surface area contributed by atoms with Crippen LogP contribution in [0.2, 0.25) is 0 Å². The summed E-state index contributed by atoms with van der Waals surface area (Å²) in [4.78, 5) is 2.40. The average Bonchev–Trinajstić information content (AvgIpc) is 3.26. The molecule has 0 saturated heterocycles. The molecule has 6 heteroatoms. The zero-order valence-electron chi connectivity index (χ0n) is 19.4. The molecule has 0 N–H and O–H groups in total. The topological polar surface area (TPSA) is 64.0 Å². The van der Waals surface area contributed by atoms with Gasteiger partial charge in [-0.05, 0) is 74.5 Å². The first kappa shape index (κ1) is 22.3. The minimum atomic E-state index is -0.666. The molecule has 2 atom stereocenters. The summed E-state index contributed by atoms with van der Waals surface area (Å²) in [6, 6.07) is 14.8. The van der Waals surface area contributed by atoms with E-state index in [-0.39, 0.29) is 0 Å². The van der Waals surface area contributed by atoms with Gasteiger partial charge in [-0.15, -0.1) is 0 Å². The third kappa shape index (κ3) is 4.10. The molecule has 0 fully saturated rings. The molecule has 2 heterocycles. The SMILES string of the molecule is CCC(C#N)(CCCC1Cc2cc(OC)c(OC)cc2CN1C)C1Oc2ccccc2O1. The Balaban J connectivity index is 1.41. The first-order chi connectivity index (χ1) is 15.5. The van der Waals surface area contributed by atoms with Crippen LogP contribution in [-0.4, -0.2) is 38.5 Å². The summed E-state index contributed by atoms with van der Waals surface area (Å²) in [5.41, 5.74) is 1.93. The molecule has 2 aliphatic heterocycles. The highest BCUT2D eigenvalue weighted by atomic mass is 16.7. The van der Waals surface area contributed by atoms with Crippen molar-refractivity contribution in [2.75, 3.05) is 21.3 Å². The van der Waals surface area contributed by atoms with E-state index in [1.165, 1.54) is 11.1 Å². The fourth-order valence-corrected chi connectivity index (χ4v) is 4.86. The maximum atomic E-state index is 10.1. The molecule has 0 spiro atoms. The monoisotopic (exact) mass is 436 g/mol. The molecule has 32 heavy (non-hydrogen) atoms. The number of rotatable bonds is 8. The standard InChI is InChI=1S/C26H32N2O4/c1-5-26(17-27,25-31-21-10-6-7-11-22(21)32-25)12-8-9-20-13-18-14-23(29-3)24(30-4)15-19(18)16-28(20)2/h6-7,10-11,14-15,20,25H,5,8-9,12-13,16H2,1-4H3. The molecule has 0 aromatic heterocycles. The van der Waals surface area contributed by atoms with Crippen molar-refractivity contribution in [3.8, 4) is 29.1 Å². The minimum Gasteiger partial charge on any atom is -0.493 e. The number of hydrogen-bond acceptors (Lipinski definition) is 6. The zero-order valence-corrected chi connectivity index (χ0v) is 19.4. The Morgan fingerprint density at radius 2 is 1.72 bits per heavy atom. The van der Waals surface area contributed by atoms with Gasteiger partial charge in [-0.2, -0.15) is 5.26 Å². The highest BCUT2D eigenvalue weighted by molar-refractivity contribution is 5.48. The van der Waals surface area contributed by atoms with E-state index >= 15 is 0 Å². The van der Waals surface area contributed by atoms with Gasteiger partial charge in [-0.1, -0.05) is 19.1 Å². The van der Waals surface area contributed by atoms with E-state index < -0.39 is 11.7 Å². The van der Waals surface area contributed by atoms with Gasteiger partial charge in [0.15, 0.2) is 23.0 Å². The van der Waals surface area contributed by atoms with Gasteiger partial charge < -0.3 is 18.9 Å². The van der Waals surface area contributed by atoms with E-state index in [9.17, 15) is 5.26 Å². The van der Waals surface area contributed by atoms with Crippen molar-refractivity contribution in [1.29, 1.82) is 5.26 Å². The highest BCUT2D eigenvalue weighted by Crippen LogP contribution is 2.44. The Labute approximate surface area is 190 Å². The third-order valence-electron chi connectivity index (χ3n) is 6.99. The van der Waals surface area contributed by atoms with E-state index in [1.807, 2.05) is 31.2 Å². The summed E-state index contributed by atoms with van der Waals surface area (Å²) in [5.74, 6) is 2.99. The van der Waals surface area contributed by atoms with Crippen molar-refractivity contribution in [2.24, 2.45) is 5.41 Å². The number of nitriles is 1. The number of para-hydroxylation sites is 2. The molecule has 170 valence electrons. The molecular weight excluding hydrogens is 404 g/mol. The van der Waals surface area contributed by atoms with Crippen LogP contribution in [0.25, 0.3) is 0 Å². The maximum Gasteiger partial charge on any atom is 0.259 e. The number of fused-ring (bicyclic) bond motifs is 2. The molecule has 0 saturated carbocycles. The van der Waals surface area contributed by atoms with Crippen molar-refractivity contribution < 1.29 is 18.9 Å². The van der Waals surface area contributed by atoms with Crippen LogP contribution in [0.3, 0.4) is 0 Å². The van der Waals surface area contributed by atoms with E-state index in [4.69, 9.17) is 18.9 Å². The van der Waals surface area contributed by atoms with Crippen LogP contribution in [0.5, 0.6) is 23.0 Å². The van der Waals surface area contributed by atoms with Crippen LogP contribution < -0.4 is 18.9 Å². The van der Waals surface area contributed by atoms with Gasteiger partial charge in [0.25, 0.3) is 6.29 Å². The Hall–Kier alpha value is -2.91. The van der Waals surface area contributed by atoms with Gasteiger partial charge in [0.2, 0.25) is 0 Å². The normalized spacial score (nSPS) is 19.7. The fraction of sp³-hybridized carbons (Fsp3) is 0.500. The summed E-state index contributed by atoms with van der Waals surface area (Å²) in [6.07, 6.45) is 3.76. The van der Waals surface area contributed by atoms with Crippen molar-refractivity contribution >= 4 is 0 Å². The fourth-order valence-electron chi connectivity index (χ4n) is 4.86. The number of methoxy groups -OCH3 is 2. The van der Waals surface area contributed by atoms with E-state index in [0.29, 0.717) is 12.5 Å². The molecule has 2 aromatic rings. The summed E-state index contributed by atoms with van der Waals surface area (Å²) in [7, 11) is 5.51. The first-order valence-electron chi connectivity index (χ1n) is 11.3. The minimum absolute atomic E-state index is 0.413. The van der Waals surface area contributed by atoms with Gasteiger partial charge in [0.1, 0.15) is 5.41 Å². The number of benzene rings is 2. The first-order valence-corrected chi connectivity index (χ1v) is 11.3. The van der Waals surface area contributed by atoms with Crippen LogP contribution in [0.1, 0.15) is 43.7 Å². The van der Waals surface area contributed by atoms with Crippen molar-refractivity contribution in [3.05, 3.63) is 47.5 Å². The van der Waals surface area contributed by atoms with Gasteiger partial charge >= 0.3 is 0 Å². The van der Waals surface area contributed by atoms with Crippen LogP contribution >= 0.6 is 0 Å². The third-order valence-corrected chi connectivity index (χ3v) is 6.99. The molecule has 0 radical (unpaired) electrons.